The van der Waals surface area contributed by atoms with Gasteiger partial charge in [0.05, 0.1) is 10.6 Å². The quantitative estimate of drug-likeness (QED) is 0.724. The minimum Gasteiger partial charge on any atom is -0.346 e. The van der Waals surface area contributed by atoms with E-state index in [2.05, 4.69) is 27.6 Å². The molecule has 140 valence electrons. The lowest BCUT2D eigenvalue weighted by Crippen LogP contribution is -2.48. The van der Waals surface area contributed by atoms with Gasteiger partial charge in [-0.25, -0.2) is 14.1 Å². The van der Waals surface area contributed by atoms with Gasteiger partial charge >= 0.3 is 0 Å². The smallest absolute Gasteiger partial charge is 0.291 e. The summed E-state index contributed by atoms with van der Waals surface area (Å²) in [6.07, 6.45) is 0.870. The molecule has 3 heterocycles. The molecule has 8 heteroatoms. The molecule has 1 aliphatic heterocycles. The van der Waals surface area contributed by atoms with E-state index in [9.17, 15) is 9.18 Å². The Labute approximate surface area is 160 Å². The Hall–Kier alpha value is -2.58. The summed E-state index contributed by atoms with van der Waals surface area (Å²) in [5.41, 5.74) is 0.528. The van der Waals surface area contributed by atoms with Crippen LogP contribution in [0.2, 0.25) is 0 Å². The molecule has 2 atom stereocenters. The number of hydrogen-bond acceptors (Lipinski definition) is 5. The lowest BCUT2D eigenvalue weighted by Gasteiger charge is -2.29. The summed E-state index contributed by atoms with van der Waals surface area (Å²) in [5, 5.41) is 12.7. The van der Waals surface area contributed by atoms with Crippen LogP contribution in [-0.4, -0.2) is 39.8 Å². The van der Waals surface area contributed by atoms with E-state index in [1.165, 1.54) is 28.2 Å². The van der Waals surface area contributed by atoms with E-state index in [1.54, 1.807) is 12.1 Å². The summed E-state index contributed by atoms with van der Waals surface area (Å²) in [6.45, 7) is 3.85. The van der Waals surface area contributed by atoms with Gasteiger partial charge in [0, 0.05) is 6.04 Å². The molecule has 1 aromatic carbocycles. The molecule has 4 rings (SSSR count). The van der Waals surface area contributed by atoms with Crippen molar-refractivity contribution in [3.8, 4) is 16.4 Å². The molecule has 0 spiro atoms. The van der Waals surface area contributed by atoms with Gasteiger partial charge in [-0.2, -0.15) is 0 Å². The van der Waals surface area contributed by atoms with Crippen LogP contribution in [-0.2, 0) is 0 Å². The Morgan fingerprint density at radius 3 is 3.00 bits per heavy atom. The zero-order valence-electron chi connectivity index (χ0n) is 14.9. The van der Waals surface area contributed by atoms with Crippen molar-refractivity contribution in [2.45, 2.75) is 19.4 Å². The summed E-state index contributed by atoms with van der Waals surface area (Å²) in [6, 6.07) is 10.00. The normalized spacial score (nSPS) is 19.8. The molecule has 6 nitrogen and oxygen atoms in total. The van der Waals surface area contributed by atoms with Gasteiger partial charge in [0.2, 0.25) is 5.82 Å². The first-order valence-corrected chi connectivity index (χ1v) is 9.78. The molecule has 2 N–H and O–H groups in total. The fourth-order valence-corrected chi connectivity index (χ4v) is 3.92. The lowest BCUT2D eigenvalue weighted by atomic mass is 9.95. The standard InChI is InChI=1S/C19H20FN5OS/c1-12-11-21-8-7-15(12)22-19(26)17-23-18(16-6-3-9-27-16)25(24-17)14-5-2-4-13(20)10-14/h2-6,9-10,12,15,21H,7-8,11H2,1H3,(H,22,26). The van der Waals surface area contributed by atoms with Crippen molar-refractivity contribution in [3.05, 3.63) is 53.4 Å². The molecule has 0 bridgehead atoms. The second-order valence-electron chi connectivity index (χ2n) is 6.68. The Balaban J connectivity index is 1.68. The highest BCUT2D eigenvalue weighted by atomic mass is 32.1. The van der Waals surface area contributed by atoms with Gasteiger partial charge in [-0.05, 0) is 55.1 Å². The van der Waals surface area contributed by atoms with Crippen LogP contribution in [0.15, 0.2) is 41.8 Å². The number of carbonyl (C=O) groups excluding carboxylic acids is 1. The molecule has 1 fully saturated rings. The fourth-order valence-electron chi connectivity index (χ4n) is 3.22. The van der Waals surface area contributed by atoms with Crippen molar-refractivity contribution in [2.75, 3.05) is 13.1 Å². The first kappa shape index (κ1) is 17.8. The number of hydrogen-bond donors (Lipinski definition) is 2. The van der Waals surface area contributed by atoms with Gasteiger partial charge in [0.25, 0.3) is 5.91 Å². The molecule has 2 aromatic heterocycles. The molecule has 1 aliphatic rings. The van der Waals surface area contributed by atoms with Crippen molar-refractivity contribution in [3.63, 3.8) is 0 Å². The van der Waals surface area contributed by atoms with Gasteiger partial charge in [0.1, 0.15) is 5.82 Å². The minimum absolute atomic E-state index is 0.0880. The van der Waals surface area contributed by atoms with Crippen molar-refractivity contribution >= 4 is 17.2 Å². The number of benzene rings is 1. The maximum atomic E-state index is 13.7. The second kappa shape index (κ2) is 7.58. The first-order chi connectivity index (χ1) is 13.1. The Kier molecular flexibility index (Phi) is 5.00. The van der Waals surface area contributed by atoms with Crippen molar-refractivity contribution < 1.29 is 9.18 Å². The molecule has 0 aliphatic carbocycles. The highest BCUT2D eigenvalue weighted by Gasteiger charge is 2.26. The van der Waals surface area contributed by atoms with E-state index in [1.807, 2.05) is 17.5 Å². The number of thiophene rings is 1. The SMILES string of the molecule is CC1CNCCC1NC(=O)c1nc(-c2cccs2)n(-c2cccc(F)c2)n1. The molecule has 0 saturated carbocycles. The van der Waals surface area contributed by atoms with Gasteiger partial charge in [-0.15, -0.1) is 16.4 Å². The van der Waals surface area contributed by atoms with Crippen LogP contribution >= 0.6 is 11.3 Å². The van der Waals surface area contributed by atoms with Gasteiger partial charge < -0.3 is 10.6 Å². The summed E-state index contributed by atoms with van der Waals surface area (Å²) >= 11 is 1.49. The molecular formula is C19H20FN5OS. The zero-order chi connectivity index (χ0) is 18.8. The van der Waals surface area contributed by atoms with Crippen LogP contribution in [0.1, 0.15) is 24.0 Å². The molecular weight excluding hydrogens is 365 g/mol. The van der Waals surface area contributed by atoms with E-state index in [4.69, 9.17) is 0 Å². The van der Waals surface area contributed by atoms with Crippen LogP contribution in [0, 0.1) is 11.7 Å². The maximum absolute atomic E-state index is 13.7. The number of amides is 1. The van der Waals surface area contributed by atoms with Crippen molar-refractivity contribution in [1.82, 2.24) is 25.4 Å². The van der Waals surface area contributed by atoms with E-state index < -0.39 is 0 Å². The Morgan fingerprint density at radius 1 is 1.37 bits per heavy atom. The average molecular weight is 385 g/mol. The number of halogens is 1. The van der Waals surface area contributed by atoms with Gasteiger partial charge in [-0.1, -0.05) is 19.1 Å². The van der Waals surface area contributed by atoms with Crippen molar-refractivity contribution in [2.24, 2.45) is 5.92 Å². The number of carbonyl (C=O) groups is 1. The predicted octanol–water partition coefficient (Wildman–Crippen LogP) is 2.86. The maximum Gasteiger partial charge on any atom is 0.291 e. The zero-order valence-corrected chi connectivity index (χ0v) is 15.7. The summed E-state index contributed by atoms with van der Waals surface area (Å²) in [5.74, 6) is 0.286. The number of rotatable bonds is 4. The molecule has 3 aromatic rings. The largest absolute Gasteiger partial charge is 0.346 e. The monoisotopic (exact) mass is 385 g/mol. The molecule has 0 radical (unpaired) electrons. The van der Waals surface area contributed by atoms with Crippen LogP contribution in [0.5, 0.6) is 0 Å². The number of nitrogens with one attached hydrogen (secondary N) is 2. The second-order valence-corrected chi connectivity index (χ2v) is 7.63. The third-order valence-electron chi connectivity index (χ3n) is 4.71. The Morgan fingerprint density at radius 2 is 2.26 bits per heavy atom. The average Bonchev–Trinajstić information content (AvgIpc) is 3.33. The summed E-state index contributed by atoms with van der Waals surface area (Å²) in [7, 11) is 0. The van der Waals surface area contributed by atoms with Gasteiger partial charge in [0.15, 0.2) is 5.82 Å². The predicted molar refractivity (Wildman–Crippen MR) is 103 cm³/mol. The van der Waals surface area contributed by atoms with Gasteiger partial charge in [-0.3, -0.25) is 4.79 Å². The van der Waals surface area contributed by atoms with E-state index in [0.29, 0.717) is 17.4 Å². The molecule has 2 unspecified atom stereocenters. The van der Waals surface area contributed by atoms with E-state index in [0.717, 1.165) is 24.4 Å². The number of nitrogens with zero attached hydrogens (tertiary/aromatic N) is 3. The third kappa shape index (κ3) is 3.77. The van der Waals surface area contributed by atoms with Crippen molar-refractivity contribution in [1.29, 1.82) is 0 Å². The molecule has 1 amide bonds. The summed E-state index contributed by atoms with van der Waals surface area (Å²) < 4.78 is 15.2. The fraction of sp³-hybridized carbons (Fsp3) is 0.316. The first-order valence-electron chi connectivity index (χ1n) is 8.90. The number of aromatic nitrogens is 3. The van der Waals surface area contributed by atoms with Crippen LogP contribution < -0.4 is 10.6 Å². The molecule has 1 saturated heterocycles. The van der Waals surface area contributed by atoms with E-state index in [-0.39, 0.29) is 23.6 Å². The number of piperidine rings is 1. The lowest BCUT2D eigenvalue weighted by molar-refractivity contribution is 0.0903. The van der Waals surface area contributed by atoms with Crippen LogP contribution in [0.4, 0.5) is 4.39 Å². The van der Waals surface area contributed by atoms with E-state index >= 15 is 0 Å². The summed E-state index contributed by atoms with van der Waals surface area (Å²) in [4.78, 5) is 18.1. The molecule has 27 heavy (non-hydrogen) atoms. The topological polar surface area (TPSA) is 71.8 Å². The van der Waals surface area contributed by atoms with Crippen LogP contribution in [0.25, 0.3) is 16.4 Å². The minimum atomic E-state index is -0.366. The third-order valence-corrected chi connectivity index (χ3v) is 5.57. The Bertz CT molecular complexity index is 939. The van der Waals surface area contributed by atoms with Crippen LogP contribution in [0.3, 0.4) is 0 Å². The highest BCUT2D eigenvalue weighted by molar-refractivity contribution is 7.13. The highest BCUT2D eigenvalue weighted by Crippen LogP contribution is 2.26.